The van der Waals surface area contributed by atoms with E-state index in [1.54, 1.807) is 25.3 Å². The van der Waals surface area contributed by atoms with Gasteiger partial charge in [0, 0.05) is 22.5 Å². The quantitative estimate of drug-likeness (QED) is 0.233. The Morgan fingerprint density at radius 3 is 2.58 bits per heavy atom. The summed E-state index contributed by atoms with van der Waals surface area (Å²) in [6, 6.07) is 23.8. The molecule has 0 fully saturated rings. The number of pyridine rings is 1. The zero-order chi connectivity index (χ0) is 21.8. The molecular formula is C24H19N3O3S. The smallest absolute Gasteiger partial charge is 0.293 e. The number of para-hydroxylation sites is 1. The highest BCUT2D eigenvalue weighted by Crippen LogP contribution is 2.39. The number of nitro benzene ring substituents is 1. The summed E-state index contributed by atoms with van der Waals surface area (Å²) in [6.45, 7) is 1.77. The molecule has 0 radical (unpaired) electrons. The van der Waals surface area contributed by atoms with Gasteiger partial charge in [-0.25, -0.2) is 0 Å². The number of benzene rings is 3. The molecule has 0 aliphatic carbocycles. The molecule has 0 saturated carbocycles. The zero-order valence-electron chi connectivity index (χ0n) is 16.7. The topological polar surface area (TPSA) is 85.1 Å². The Labute approximate surface area is 183 Å². The van der Waals surface area contributed by atoms with Gasteiger partial charge < -0.3 is 5.32 Å². The number of nitro groups is 1. The van der Waals surface area contributed by atoms with E-state index in [-0.39, 0.29) is 17.3 Å². The minimum atomic E-state index is -0.616. The Kier molecular flexibility index (Phi) is 5.95. The van der Waals surface area contributed by atoms with Gasteiger partial charge in [0.05, 0.1) is 10.4 Å². The molecule has 4 rings (SSSR count). The van der Waals surface area contributed by atoms with E-state index in [1.807, 2.05) is 60.7 Å². The predicted octanol–water partition coefficient (Wildman–Crippen LogP) is 5.92. The van der Waals surface area contributed by atoms with Crippen LogP contribution < -0.4 is 5.32 Å². The van der Waals surface area contributed by atoms with E-state index in [1.165, 1.54) is 17.8 Å². The molecule has 1 atom stereocenters. The largest absolute Gasteiger partial charge is 0.319 e. The van der Waals surface area contributed by atoms with Crippen molar-refractivity contribution < 1.29 is 9.72 Å². The van der Waals surface area contributed by atoms with Crippen molar-refractivity contribution in [3.63, 3.8) is 0 Å². The van der Waals surface area contributed by atoms with Crippen molar-refractivity contribution in [2.24, 2.45) is 0 Å². The summed E-state index contributed by atoms with van der Waals surface area (Å²) in [5.41, 5.74) is 2.41. The number of thioether (sulfide) groups is 1. The second-order valence-corrected chi connectivity index (χ2v) is 8.15. The second kappa shape index (κ2) is 8.97. The lowest BCUT2D eigenvalue weighted by molar-refractivity contribution is -0.384. The normalized spacial score (nSPS) is 11.8. The lowest BCUT2D eigenvalue weighted by Crippen LogP contribution is -2.19. The standard InChI is InChI=1S/C24H19N3O3S/c1-16-12-13-19(20(15-16)27(29)30)26-24(28)23(18-7-3-2-4-8-18)31-21-11-5-9-17-10-6-14-25-22(17)21/h2-15,23H,1H3,(H,26,28). The number of rotatable bonds is 6. The van der Waals surface area contributed by atoms with Gasteiger partial charge in [-0.3, -0.25) is 19.9 Å². The Morgan fingerprint density at radius 1 is 1.03 bits per heavy atom. The molecule has 1 N–H and O–H groups in total. The maximum Gasteiger partial charge on any atom is 0.293 e. The molecule has 0 spiro atoms. The molecule has 7 heteroatoms. The van der Waals surface area contributed by atoms with Gasteiger partial charge in [0.1, 0.15) is 10.9 Å². The highest BCUT2D eigenvalue weighted by molar-refractivity contribution is 8.00. The molecule has 154 valence electrons. The van der Waals surface area contributed by atoms with Gasteiger partial charge in [0.2, 0.25) is 5.91 Å². The van der Waals surface area contributed by atoms with Gasteiger partial charge in [-0.05, 0) is 36.2 Å². The van der Waals surface area contributed by atoms with Crippen LogP contribution in [0.4, 0.5) is 11.4 Å². The Morgan fingerprint density at radius 2 is 1.81 bits per heavy atom. The van der Waals surface area contributed by atoms with Crippen LogP contribution >= 0.6 is 11.8 Å². The Hall–Kier alpha value is -3.71. The molecular weight excluding hydrogens is 410 g/mol. The first-order valence-corrected chi connectivity index (χ1v) is 10.5. The number of nitrogens with one attached hydrogen (secondary N) is 1. The molecule has 1 heterocycles. The monoisotopic (exact) mass is 429 g/mol. The van der Waals surface area contributed by atoms with Crippen molar-refractivity contribution in [3.8, 4) is 0 Å². The third-order valence-corrected chi connectivity index (χ3v) is 6.09. The van der Waals surface area contributed by atoms with Crippen LogP contribution in [0.15, 0.2) is 90.0 Å². The van der Waals surface area contributed by atoms with Gasteiger partial charge in [-0.2, -0.15) is 0 Å². The van der Waals surface area contributed by atoms with E-state index in [0.717, 1.165) is 26.9 Å². The van der Waals surface area contributed by atoms with Crippen LogP contribution in [0.2, 0.25) is 0 Å². The molecule has 1 amide bonds. The third-order valence-electron chi connectivity index (χ3n) is 4.79. The zero-order valence-corrected chi connectivity index (χ0v) is 17.5. The van der Waals surface area contributed by atoms with Crippen LogP contribution in [0.3, 0.4) is 0 Å². The number of anilines is 1. The van der Waals surface area contributed by atoms with Crippen molar-refractivity contribution in [2.45, 2.75) is 17.1 Å². The fourth-order valence-corrected chi connectivity index (χ4v) is 4.45. The average molecular weight is 430 g/mol. The third kappa shape index (κ3) is 4.57. The van der Waals surface area contributed by atoms with E-state index in [2.05, 4.69) is 10.3 Å². The second-order valence-electron chi connectivity index (χ2n) is 7.01. The van der Waals surface area contributed by atoms with Crippen LogP contribution in [0.1, 0.15) is 16.4 Å². The van der Waals surface area contributed by atoms with E-state index in [0.29, 0.717) is 0 Å². The number of carbonyl (C=O) groups excluding carboxylic acids is 1. The first-order valence-electron chi connectivity index (χ1n) is 9.64. The number of hydrogen-bond donors (Lipinski definition) is 1. The first kappa shape index (κ1) is 20.6. The lowest BCUT2D eigenvalue weighted by atomic mass is 10.1. The summed E-state index contributed by atoms with van der Waals surface area (Å²) in [4.78, 5) is 29.7. The van der Waals surface area contributed by atoms with Crippen molar-refractivity contribution in [2.75, 3.05) is 5.32 Å². The summed E-state index contributed by atoms with van der Waals surface area (Å²) in [5, 5.41) is 14.6. The summed E-state index contributed by atoms with van der Waals surface area (Å²) in [5.74, 6) is -0.337. The fraction of sp³-hybridized carbons (Fsp3) is 0.0833. The molecule has 0 bridgehead atoms. The van der Waals surface area contributed by atoms with E-state index < -0.39 is 10.2 Å². The summed E-state index contributed by atoms with van der Waals surface area (Å²) in [6.07, 6.45) is 1.72. The molecule has 4 aromatic rings. The number of carbonyl (C=O) groups is 1. The highest BCUT2D eigenvalue weighted by atomic mass is 32.2. The van der Waals surface area contributed by atoms with Crippen molar-refractivity contribution in [1.82, 2.24) is 4.98 Å². The highest BCUT2D eigenvalue weighted by Gasteiger charge is 2.25. The van der Waals surface area contributed by atoms with Crippen molar-refractivity contribution >= 4 is 39.9 Å². The first-order chi connectivity index (χ1) is 15.0. The van der Waals surface area contributed by atoms with Crippen LogP contribution in [0, 0.1) is 17.0 Å². The number of nitrogens with zero attached hydrogens (tertiary/aromatic N) is 2. The van der Waals surface area contributed by atoms with Gasteiger partial charge in [-0.1, -0.05) is 54.6 Å². The fourth-order valence-electron chi connectivity index (χ4n) is 3.30. The average Bonchev–Trinajstić information content (AvgIpc) is 2.79. The van der Waals surface area contributed by atoms with Gasteiger partial charge in [0.25, 0.3) is 5.69 Å². The molecule has 6 nitrogen and oxygen atoms in total. The minimum absolute atomic E-state index is 0.128. The van der Waals surface area contributed by atoms with E-state index in [4.69, 9.17) is 0 Å². The van der Waals surface area contributed by atoms with Crippen LogP contribution in [-0.4, -0.2) is 15.8 Å². The van der Waals surface area contributed by atoms with Gasteiger partial charge >= 0.3 is 0 Å². The summed E-state index contributed by atoms with van der Waals surface area (Å²) in [7, 11) is 0. The molecule has 3 aromatic carbocycles. The molecule has 1 aromatic heterocycles. The Balaban J connectivity index is 1.71. The van der Waals surface area contributed by atoms with Crippen LogP contribution in [-0.2, 0) is 4.79 Å². The number of hydrogen-bond acceptors (Lipinski definition) is 5. The number of amides is 1. The van der Waals surface area contributed by atoms with Crippen molar-refractivity contribution in [3.05, 3.63) is 106 Å². The minimum Gasteiger partial charge on any atom is -0.319 e. The number of aryl methyl sites for hydroxylation is 1. The van der Waals surface area contributed by atoms with Gasteiger partial charge in [0.15, 0.2) is 0 Å². The lowest BCUT2D eigenvalue weighted by Gasteiger charge is -2.18. The number of fused-ring (bicyclic) bond motifs is 1. The summed E-state index contributed by atoms with van der Waals surface area (Å²) < 4.78 is 0. The molecule has 0 saturated heterocycles. The van der Waals surface area contributed by atoms with Crippen LogP contribution in [0.25, 0.3) is 10.9 Å². The SMILES string of the molecule is Cc1ccc(NC(=O)C(Sc2cccc3cccnc23)c2ccccc2)c([N+](=O)[O-])c1. The van der Waals surface area contributed by atoms with Crippen LogP contribution in [0.5, 0.6) is 0 Å². The van der Waals surface area contributed by atoms with E-state index >= 15 is 0 Å². The molecule has 31 heavy (non-hydrogen) atoms. The molecule has 0 aliphatic rings. The maximum absolute atomic E-state index is 13.3. The summed E-state index contributed by atoms with van der Waals surface area (Å²) >= 11 is 1.37. The van der Waals surface area contributed by atoms with Gasteiger partial charge in [-0.15, -0.1) is 11.8 Å². The Bertz CT molecular complexity index is 1260. The maximum atomic E-state index is 13.3. The van der Waals surface area contributed by atoms with Crippen molar-refractivity contribution in [1.29, 1.82) is 0 Å². The van der Waals surface area contributed by atoms with E-state index in [9.17, 15) is 14.9 Å². The molecule has 1 unspecified atom stereocenters. The predicted molar refractivity (Wildman–Crippen MR) is 123 cm³/mol. The molecule has 0 aliphatic heterocycles. The number of aromatic nitrogens is 1.